The summed E-state index contributed by atoms with van der Waals surface area (Å²) in [4.78, 5) is 73.3. The van der Waals surface area contributed by atoms with Crippen LogP contribution in [0.25, 0.3) is 0 Å². The number of hydrogen-bond donors (Lipinski definition) is 3. The molecule has 5 amide bonds. The lowest BCUT2D eigenvalue weighted by atomic mass is 9.91. The highest BCUT2D eigenvalue weighted by molar-refractivity contribution is 6.07. The molecule has 0 aromatic heterocycles. The lowest BCUT2D eigenvalue weighted by Gasteiger charge is -2.38. The second-order valence-corrected chi connectivity index (χ2v) is 14.5. The standard InChI is InChI=1S/C36H58N6O5/c1-21(2)29(39-34(45)30(22(3)4)40(8)9)35(46)41(10)31(23(5)6)36(47)42-20-14-19-27(42)32(43)38-26-18-13-17-25(24-15-11-12-16-24)28(26)33(44)37-7/h13,17-18,21-24,27,29-31H,11-12,14-16,19-20H2,1-10H3,(H,37,44)(H,38,43)(H,39,45)/t27-,29-,30-,31-/m0/s1. The highest BCUT2D eigenvalue weighted by Gasteiger charge is 2.43. The van der Waals surface area contributed by atoms with E-state index in [9.17, 15) is 24.0 Å². The molecule has 1 aliphatic carbocycles. The van der Waals surface area contributed by atoms with Crippen LogP contribution in [0.2, 0.25) is 0 Å². The van der Waals surface area contributed by atoms with E-state index in [4.69, 9.17) is 0 Å². The maximum absolute atomic E-state index is 14.2. The molecule has 0 unspecified atom stereocenters. The van der Waals surface area contributed by atoms with Crippen LogP contribution in [0, 0.1) is 17.8 Å². The Morgan fingerprint density at radius 2 is 1.45 bits per heavy atom. The van der Waals surface area contributed by atoms with Gasteiger partial charge in [-0.2, -0.15) is 0 Å². The Bertz CT molecular complexity index is 1280. The lowest BCUT2D eigenvalue weighted by Crippen LogP contribution is -2.60. The van der Waals surface area contributed by atoms with Crippen LogP contribution in [0.5, 0.6) is 0 Å². The van der Waals surface area contributed by atoms with E-state index in [1.807, 2.05) is 72.7 Å². The minimum atomic E-state index is -0.837. The molecule has 3 rings (SSSR count). The molecule has 0 radical (unpaired) electrons. The molecule has 1 saturated carbocycles. The van der Waals surface area contributed by atoms with Gasteiger partial charge >= 0.3 is 0 Å². The van der Waals surface area contributed by atoms with E-state index in [0.29, 0.717) is 30.6 Å². The maximum Gasteiger partial charge on any atom is 0.253 e. The van der Waals surface area contributed by atoms with Crippen molar-refractivity contribution in [2.24, 2.45) is 17.8 Å². The van der Waals surface area contributed by atoms with Crippen LogP contribution in [0.3, 0.4) is 0 Å². The lowest BCUT2D eigenvalue weighted by molar-refractivity contribution is -0.150. The molecule has 262 valence electrons. The zero-order valence-electron chi connectivity index (χ0n) is 30.2. The van der Waals surface area contributed by atoms with Gasteiger partial charge in [-0.1, -0.05) is 66.5 Å². The SMILES string of the molecule is CNC(=O)c1c(NC(=O)[C@@H]2CCCN2C(=O)[C@H](C(C)C)N(C)C(=O)[C@@H](NC(=O)[C@H](C(C)C)N(C)C)C(C)C)cccc1C1CCCC1. The quantitative estimate of drug-likeness (QED) is 0.296. The molecule has 2 fully saturated rings. The van der Waals surface area contributed by atoms with Crippen molar-refractivity contribution in [1.82, 2.24) is 25.3 Å². The first kappa shape index (κ1) is 38.0. The molecule has 11 nitrogen and oxygen atoms in total. The summed E-state index contributed by atoms with van der Waals surface area (Å²) in [7, 11) is 6.86. The molecular formula is C36H58N6O5. The smallest absolute Gasteiger partial charge is 0.253 e. The zero-order valence-corrected chi connectivity index (χ0v) is 30.2. The molecule has 2 aliphatic rings. The van der Waals surface area contributed by atoms with Crippen LogP contribution in [-0.2, 0) is 19.2 Å². The summed E-state index contributed by atoms with van der Waals surface area (Å²) >= 11 is 0. The van der Waals surface area contributed by atoms with Gasteiger partial charge in [-0.25, -0.2) is 0 Å². The average Bonchev–Trinajstić information content (AvgIpc) is 3.71. The summed E-state index contributed by atoms with van der Waals surface area (Å²) in [6, 6.07) is 2.76. The van der Waals surface area contributed by atoms with Gasteiger partial charge in [0.15, 0.2) is 0 Å². The Morgan fingerprint density at radius 1 is 0.830 bits per heavy atom. The summed E-state index contributed by atoms with van der Waals surface area (Å²) in [5, 5.41) is 8.69. The Morgan fingerprint density at radius 3 is 1.98 bits per heavy atom. The van der Waals surface area contributed by atoms with Gasteiger partial charge in [0.05, 0.1) is 17.3 Å². The van der Waals surface area contributed by atoms with E-state index in [0.717, 1.165) is 31.2 Å². The van der Waals surface area contributed by atoms with Gasteiger partial charge in [-0.3, -0.25) is 28.9 Å². The Kier molecular flexibility index (Phi) is 13.4. The van der Waals surface area contributed by atoms with Gasteiger partial charge in [0, 0.05) is 20.6 Å². The fourth-order valence-electron chi connectivity index (χ4n) is 7.46. The van der Waals surface area contributed by atoms with Crippen molar-refractivity contribution in [1.29, 1.82) is 0 Å². The number of amides is 5. The maximum atomic E-state index is 14.2. The summed E-state index contributed by atoms with van der Waals surface area (Å²) < 4.78 is 0. The molecule has 3 N–H and O–H groups in total. The third-order valence-electron chi connectivity index (χ3n) is 9.78. The highest BCUT2D eigenvalue weighted by Crippen LogP contribution is 2.38. The number of carbonyl (C=O) groups is 5. The number of hydrogen-bond acceptors (Lipinski definition) is 6. The molecule has 1 aliphatic heterocycles. The third-order valence-corrected chi connectivity index (χ3v) is 9.78. The Hall–Kier alpha value is -3.47. The van der Waals surface area contributed by atoms with E-state index in [1.54, 1.807) is 25.1 Å². The predicted molar refractivity (Wildman–Crippen MR) is 185 cm³/mol. The van der Waals surface area contributed by atoms with E-state index in [2.05, 4.69) is 16.0 Å². The van der Waals surface area contributed by atoms with Crippen molar-refractivity contribution in [2.75, 3.05) is 40.1 Å². The molecule has 1 heterocycles. The van der Waals surface area contributed by atoms with Crippen molar-refractivity contribution in [3.8, 4) is 0 Å². The molecule has 0 spiro atoms. The van der Waals surface area contributed by atoms with E-state index in [1.165, 1.54) is 4.90 Å². The van der Waals surface area contributed by atoms with Gasteiger partial charge < -0.3 is 25.8 Å². The fraction of sp³-hybridized carbons (Fsp3) is 0.694. The molecule has 4 atom stereocenters. The number of benzene rings is 1. The minimum Gasteiger partial charge on any atom is -0.355 e. The van der Waals surface area contributed by atoms with E-state index in [-0.39, 0.29) is 53.2 Å². The largest absolute Gasteiger partial charge is 0.355 e. The number of likely N-dealkylation sites (N-methyl/N-ethyl adjacent to an activating group) is 2. The number of anilines is 1. The second-order valence-electron chi connectivity index (χ2n) is 14.5. The van der Waals surface area contributed by atoms with Gasteiger partial charge in [0.2, 0.25) is 23.6 Å². The fourth-order valence-corrected chi connectivity index (χ4v) is 7.46. The molecule has 47 heavy (non-hydrogen) atoms. The number of nitrogens with zero attached hydrogens (tertiary/aromatic N) is 3. The summed E-state index contributed by atoms with van der Waals surface area (Å²) in [5.74, 6) is -1.65. The number of nitrogens with one attached hydrogen (secondary N) is 3. The number of carbonyl (C=O) groups excluding carboxylic acids is 5. The Labute approximate surface area is 281 Å². The molecule has 1 saturated heterocycles. The molecule has 1 aromatic rings. The molecule has 1 aromatic carbocycles. The normalized spacial score (nSPS) is 18.9. The second kappa shape index (κ2) is 16.6. The first-order valence-electron chi connectivity index (χ1n) is 17.3. The van der Waals surface area contributed by atoms with Crippen LogP contribution in [-0.4, -0.2) is 103 Å². The van der Waals surface area contributed by atoms with Crippen LogP contribution in [0.15, 0.2) is 18.2 Å². The first-order valence-corrected chi connectivity index (χ1v) is 17.3. The van der Waals surface area contributed by atoms with Crippen LogP contribution in [0.4, 0.5) is 5.69 Å². The van der Waals surface area contributed by atoms with E-state index >= 15 is 0 Å². The molecular weight excluding hydrogens is 596 g/mol. The van der Waals surface area contributed by atoms with Crippen molar-refractivity contribution in [2.45, 2.75) is 110 Å². The summed E-state index contributed by atoms with van der Waals surface area (Å²) in [6.45, 7) is 11.8. The third kappa shape index (κ3) is 8.72. The first-order chi connectivity index (χ1) is 22.1. The average molecular weight is 655 g/mol. The van der Waals surface area contributed by atoms with Crippen molar-refractivity contribution in [3.63, 3.8) is 0 Å². The highest BCUT2D eigenvalue weighted by atomic mass is 16.2. The minimum absolute atomic E-state index is 0.0338. The van der Waals surface area contributed by atoms with Crippen LogP contribution in [0.1, 0.15) is 102 Å². The topological polar surface area (TPSA) is 131 Å². The molecule has 11 heteroatoms. The van der Waals surface area contributed by atoms with Crippen molar-refractivity contribution < 1.29 is 24.0 Å². The molecule has 0 bridgehead atoms. The monoisotopic (exact) mass is 654 g/mol. The number of likely N-dealkylation sites (tertiary alicyclic amines) is 1. The van der Waals surface area contributed by atoms with Crippen molar-refractivity contribution >= 4 is 35.2 Å². The summed E-state index contributed by atoms with van der Waals surface area (Å²) in [5.41, 5.74) is 1.86. The van der Waals surface area contributed by atoms with Gasteiger partial charge in [0.25, 0.3) is 5.91 Å². The Balaban J connectivity index is 1.84. The van der Waals surface area contributed by atoms with E-state index < -0.39 is 24.2 Å². The van der Waals surface area contributed by atoms with Gasteiger partial charge in [-0.15, -0.1) is 0 Å². The van der Waals surface area contributed by atoms with Crippen LogP contribution >= 0.6 is 0 Å². The van der Waals surface area contributed by atoms with Gasteiger partial charge in [-0.05, 0) is 75.1 Å². The zero-order chi connectivity index (χ0) is 35.2. The van der Waals surface area contributed by atoms with Gasteiger partial charge in [0.1, 0.15) is 18.1 Å². The number of rotatable bonds is 13. The van der Waals surface area contributed by atoms with Crippen LogP contribution < -0.4 is 16.0 Å². The summed E-state index contributed by atoms with van der Waals surface area (Å²) in [6.07, 6.45) is 5.35. The van der Waals surface area contributed by atoms with Crippen molar-refractivity contribution in [3.05, 3.63) is 29.3 Å². The predicted octanol–water partition coefficient (Wildman–Crippen LogP) is 3.84.